The van der Waals surface area contributed by atoms with Gasteiger partial charge in [0, 0.05) is 30.1 Å². The fraction of sp³-hybridized carbons (Fsp3) is 0.500. The molecule has 1 aromatic carbocycles. The molecule has 1 heterocycles. The molecule has 29 heavy (non-hydrogen) atoms. The number of imide groups is 1. The van der Waals surface area contributed by atoms with Gasteiger partial charge in [-0.1, -0.05) is 11.8 Å². The number of rotatable bonds is 10. The van der Waals surface area contributed by atoms with E-state index < -0.39 is 0 Å². The van der Waals surface area contributed by atoms with Gasteiger partial charge in [0.1, 0.15) is 6.61 Å². The molecule has 0 saturated heterocycles. The quantitative estimate of drug-likeness (QED) is 0.459. The van der Waals surface area contributed by atoms with Crippen LogP contribution in [0.1, 0.15) is 54.6 Å². The Morgan fingerprint density at radius 2 is 2.14 bits per heavy atom. The number of nitrogens with zero attached hydrogens (tertiary/aromatic N) is 1. The van der Waals surface area contributed by atoms with Gasteiger partial charge in [-0.2, -0.15) is 0 Å². The average molecular weight is 399 g/mol. The Labute approximate surface area is 172 Å². The molecule has 7 nitrogen and oxygen atoms in total. The lowest BCUT2D eigenvalue weighted by Gasteiger charge is -2.23. The zero-order valence-electron chi connectivity index (χ0n) is 17.3. The first-order valence-corrected chi connectivity index (χ1v) is 9.88. The van der Waals surface area contributed by atoms with Crippen molar-refractivity contribution in [1.29, 1.82) is 0 Å². The van der Waals surface area contributed by atoms with Gasteiger partial charge in [0.2, 0.25) is 12.3 Å². The third-order valence-corrected chi connectivity index (χ3v) is 4.95. The second-order valence-corrected chi connectivity index (χ2v) is 7.19. The summed E-state index contributed by atoms with van der Waals surface area (Å²) in [6, 6.07) is 5.49. The summed E-state index contributed by atoms with van der Waals surface area (Å²) < 4.78 is 5.66. The Bertz CT molecular complexity index is 797. The van der Waals surface area contributed by atoms with Crippen molar-refractivity contribution in [3.05, 3.63) is 34.9 Å². The number of benzene rings is 1. The fourth-order valence-corrected chi connectivity index (χ4v) is 3.16. The second kappa shape index (κ2) is 11.3. The summed E-state index contributed by atoms with van der Waals surface area (Å²) >= 11 is 0. The molecule has 1 aromatic rings. The largest absolute Gasteiger partial charge is 0.366 e. The van der Waals surface area contributed by atoms with E-state index in [9.17, 15) is 14.4 Å². The number of hydrogen-bond acceptors (Lipinski definition) is 5. The molecule has 2 atom stereocenters. The van der Waals surface area contributed by atoms with Crippen LogP contribution in [0, 0.1) is 11.8 Å². The van der Waals surface area contributed by atoms with Crippen LogP contribution in [-0.4, -0.2) is 55.5 Å². The summed E-state index contributed by atoms with van der Waals surface area (Å²) in [4.78, 5) is 36.2. The molecule has 0 radical (unpaired) electrons. The third-order valence-electron chi connectivity index (χ3n) is 4.95. The maximum absolute atomic E-state index is 12.6. The van der Waals surface area contributed by atoms with Gasteiger partial charge >= 0.3 is 0 Å². The minimum Gasteiger partial charge on any atom is -0.366 e. The molecule has 0 saturated carbocycles. The smallest absolute Gasteiger partial charge is 0.254 e. The van der Waals surface area contributed by atoms with Crippen LogP contribution in [0.25, 0.3) is 0 Å². The molecule has 0 fully saturated rings. The predicted molar refractivity (Wildman–Crippen MR) is 110 cm³/mol. The van der Waals surface area contributed by atoms with Crippen LogP contribution in [0.4, 0.5) is 0 Å². The summed E-state index contributed by atoms with van der Waals surface area (Å²) in [6.07, 6.45) is 2.15. The summed E-state index contributed by atoms with van der Waals surface area (Å²) in [5, 5.41) is 5.21. The molecule has 0 bridgehead atoms. The molecule has 156 valence electrons. The minimum absolute atomic E-state index is 0.0375. The van der Waals surface area contributed by atoms with E-state index in [-0.39, 0.29) is 30.4 Å². The van der Waals surface area contributed by atoms with Crippen molar-refractivity contribution in [2.75, 3.05) is 20.2 Å². The van der Waals surface area contributed by atoms with E-state index in [0.717, 1.165) is 24.1 Å². The lowest BCUT2D eigenvalue weighted by atomic mass is 10.1. The van der Waals surface area contributed by atoms with Gasteiger partial charge in [-0.25, -0.2) is 0 Å². The lowest BCUT2D eigenvalue weighted by molar-refractivity contribution is -0.125. The highest BCUT2D eigenvalue weighted by Gasteiger charge is 2.30. The summed E-state index contributed by atoms with van der Waals surface area (Å²) in [7, 11) is 1.91. The number of carbonyl (C=O) groups is 3. The van der Waals surface area contributed by atoms with Crippen molar-refractivity contribution in [2.45, 2.75) is 51.8 Å². The van der Waals surface area contributed by atoms with Gasteiger partial charge in [0.15, 0.2) is 0 Å². The molecule has 2 rings (SSSR count). The molecule has 1 aliphatic heterocycles. The van der Waals surface area contributed by atoms with Crippen LogP contribution >= 0.6 is 0 Å². The highest BCUT2D eigenvalue weighted by atomic mass is 16.5. The Hall–Kier alpha value is -2.69. The van der Waals surface area contributed by atoms with Crippen molar-refractivity contribution >= 4 is 18.2 Å². The Balaban J connectivity index is 1.91. The topological polar surface area (TPSA) is 87.7 Å². The summed E-state index contributed by atoms with van der Waals surface area (Å²) in [6.45, 7) is 5.71. The van der Waals surface area contributed by atoms with E-state index in [1.165, 1.54) is 0 Å². The maximum atomic E-state index is 12.6. The van der Waals surface area contributed by atoms with Crippen LogP contribution in [0.2, 0.25) is 0 Å². The molecule has 0 aliphatic carbocycles. The molecule has 3 amide bonds. The molecule has 7 heteroatoms. The zero-order valence-corrected chi connectivity index (χ0v) is 17.3. The molecule has 2 N–H and O–H groups in total. The van der Waals surface area contributed by atoms with E-state index in [1.807, 2.05) is 39.1 Å². The van der Waals surface area contributed by atoms with E-state index in [0.29, 0.717) is 31.5 Å². The van der Waals surface area contributed by atoms with Gasteiger partial charge in [0.25, 0.3) is 5.91 Å². The van der Waals surface area contributed by atoms with Crippen molar-refractivity contribution in [3.8, 4) is 11.8 Å². The zero-order chi connectivity index (χ0) is 21.2. The standard InChI is InChI=1S/C22H29N3O4/c1-16(6-9-21(27)24-15-26)25-14-19-13-18(7-8-20(19)22(25)28)5-4-12-29-17(2)10-11-23-3/h7-8,13,15-17,23H,6,9-12,14H2,1-3H3,(H,24,26,27). The maximum Gasteiger partial charge on any atom is 0.254 e. The van der Waals surface area contributed by atoms with Crippen molar-refractivity contribution in [3.63, 3.8) is 0 Å². The van der Waals surface area contributed by atoms with Crippen molar-refractivity contribution in [2.24, 2.45) is 0 Å². The summed E-state index contributed by atoms with van der Waals surface area (Å²) in [5.41, 5.74) is 2.47. The van der Waals surface area contributed by atoms with Gasteiger partial charge in [0.05, 0.1) is 6.10 Å². The Morgan fingerprint density at radius 3 is 2.86 bits per heavy atom. The second-order valence-electron chi connectivity index (χ2n) is 7.19. The average Bonchev–Trinajstić information content (AvgIpc) is 3.04. The highest BCUT2D eigenvalue weighted by Crippen LogP contribution is 2.26. The normalized spacial score (nSPS) is 14.6. The highest BCUT2D eigenvalue weighted by molar-refractivity contribution is 5.98. The lowest BCUT2D eigenvalue weighted by Crippen LogP contribution is -2.34. The van der Waals surface area contributed by atoms with E-state index in [2.05, 4.69) is 22.5 Å². The molecular weight excluding hydrogens is 370 g/mol. The third kappa shape index (κ3) is 6.70. The summed E-state index contributed by atoms with van der Waals surface area (Å²) in [5.74, 6) is 5.74. The minimum atomic E-state index is -0.337. The number of hydrogen-bond donors (Lipinski definition) is 2. The fourth-order valence-electron chi connectivity index (χ4n) is 3.16. The van der Waals surface area contributed by atoms with Gasteiger partial charge in [-0.3, -0.25) is 19.7 Å². The number of carbonyl (C=O) groups excluding carboxylic acids is 3. The van der Waals surface area contributed by atoms with Crippen molar-refractivity contribution in [1.82, 2.24) is 15.5 Å². The first kappa shape index (κ1) is 22.6. The molecule has 2 unspecified atom stereocenters. The monoisotopic (exact) mass is 399 g/mol. The van der Waals surface area contributed by atoms with E-state index in [1.54, 1.807) is 4.90 Å². The van der Waals surface area contributed by atoms with Crippen LogP contribution in [0.3, 0.4) is 0 Å². The first-order chi connectivity index (χ1) is 14.0. The van der Waals surface area contributed by atoms with Crippen molar-refractivity contribution < 1.29 is 19.1 Å². The van der Waals surface area contributed by atoms with Crippen LogP contribution in [0.15, 0.2) is 18.2 Å². The molecule has 0 spiro atoms. The van der Waals surface area contributed by atoms with E-state index in [4.69, 9.17) is 4.74 Å². The van der Waals surface area contributed by atoms with Crippen LogP contribution in [-0.2, 0) is 20.9 Å². The number of nitrogens with one attached hydrogen (secondary N) is 2. The predicted octanol–water partition coefficient (Wildman–Crippen LogP) is 1.45. The molecule has 0 aromatic heterocycles. The van der Waals surface area contributed by atoms with Gasteiger partial charge in [-0.05, 0) is 64.0 Å². The number of ether oxygens (including phenoxy) is 1. The van der Waals surface area contributed by atoms with Crippen LogP contribution < -0.4 is 10.6 Å². The van der Waals surface area contributed by atoms with Gasteiger partial charge in [-0.15, -0.1) is 0 Å². The number of fused-ring (bicyclic) bond motifs is 1. The van der Waals surface area contributed by atoms with Gasteiger partial charge < -0.3 is 15.0 Å². The first-order valence-electron chi connectivity index (χ1n) is 9.88. The Kier molecular flexibility index (Phi) is 8.84. The number of amides is 3. The molecule has 1 aliphatic rings. The SMILES string of the molecule is CNCCC(C)OCC#Cc1ccc2c(c1)CN(C(C)CCC(=O)NC=O)C2=O. The Morgan fingerprint density at radius 1 is 1.34 bits per heavy atom. The molecular formula is C22H29N3O4. The van der Waals surface area contributed by atoms with Crippen LogP contribution in [0.5, 0.6) is 0 Å². The van der Waals surface area contributed by atoms with E-state index >= 15 is 0 Å².